The molecular weight excluding hydrogens is 253 g/mol. The molecule has 0 aliphatic carbocycles. The number of hydrogen-bond donors (Lipinski definition) is 1. The first-order chi connectivity index (χ1) is 9.70. The Hall–Kier alpha value is -2.13. The first kappa shape index (κ1) is 12.9. The second-order valence-corrected chi connectivity index (χ2v) is 4.99. The largest absolute Gasteiger partial charge is 0.392 e. The van der Waals surface area contributed by atoms with Crippen molar-refractivity contribution in [3.8, 4) is 0 Å². The zero-order valence-electron chi connectivity index (χ0n) is 11.3. The van der Waals surface area contributed by atoms with Gasteiger partial charge in [0.25, 0.3) is 0 Å². The number of aliphatic hydroxyl groups is 1. The molecule has 0 saturated carbocycles. The number of halogens is 1. The second kappa shape index (κ2) is 5.10. The van der Waals surface area contributed by atoms with Gasteiger partial charge in [0, 0.05) is 23.7 Å². The number of hydrogen-bond acceptors (Lipinski definition) is 1. The van der Waals surface area contributed by atoms with Crippen LogP contribution in [0.15, 0.2) is 48.7 Å². The summed E-state index contributed by atoms with van der Waals surface area (Å²) < 4.78 is 15.9. The van der Waals surface area contributed by atoms with Crippen molar-refractivity contribution < 1.29 is 9.50 Å². The predicted molar refractivity (Wildman–Crippen MR) is 78.1 cm³/mol. The Morgan fingerprint density at radius 3 is 2.60 bits per heavy atom. The van der Waals surface area contributed by atoms with Gasteiger partial charge in [-0.3, -0.25) is 0 Å². The van der Waals surface area contributed by atoms with Crippen molar-refractivity contribution in [2.24, 2.45) is 0 Å². The van der Waals surface area contributed by atoms with Crippen LogP contribution >= 0.6 is 0 Å². The lowest BCUT2D eigenvalue weighted by atomic mass is 10.1. The highest BCUT2D eigenvalue weighted by Gasteiger charge is 2.13. The molecule has 1 heterocycles. The SMILES string of the molecule is Cc1c(CO)c(F)cc2ccn(Cc3ccccc3)c12. The Morgan fingerprint density at radius 1 is 1.15 bits per heavy atom. The normalized spacial score (nSPS) is 11.2. The minimum Gasteiger partial charge on any atom is -0.392 e. The van der Waals surface area contributed by atoms with Crippen LogP contribution in [0.4, 0.5) is 4.39 Å². The summed E-state index contributed by atoms with van der Waals surface area (Å²) in [5.41, 5.74) is 3.37. The van der Waals surface area contributed by atoms with Gasteiger partial charge in [0.15, 0.2) is 0 Å². The summed E-state index contributed by atoms with van der Waals surface area (Å²) in [4.78, 5) is 0. The van der Waals surface area contributed by atoms with Gasteiger partial charge in [0.05, 0.1) is 12.1 Å². The van der Waals surface area contributed by atoms with Crippen molar-refractivity contribution in [3.05, 3.63) is 71.2 Å². The van der Waals surface area contributed by atoms with E-state index in [2.05, 4.69) is 16.7 Å². The molecule has 3 rings (SSSR count). The fraction of sp³-hybridized carbons (Fsp3) is 0.176. The summed E-state index contributed by atoms with van der Waals surface area (Å²) >= 11 is 0. The van der Waals surface area contributed by atoms with Crippen LogP contribution in [0.5, 0.6) is 0 Å². The van der Waals surface area contributed by atoms with Crippen LogP contribution in [-0.4, -0.2) is 9.67 Å². The molecule has 0 unspecified atom stereocenters. The third-order valence-corrected chi connectivity index (χ3v) is 3.73. The van der Waals surface area contributed by atoms with Gasteiger partial charge < -0.3 is 9.67 Å². The zero-order chi connectivity index (χ0) is 14.1. The lowest BCUT2D eigenvalue weighted by molar-refractivity contribution is 0.275. The van der Waals surface area contributed by atoms with E-state index < -0.39 is 0 Å². The van der Waals surface area contributed by atoms with Gasteiger partial charge >= 0.3 is 0 Å². The number of fused-ring (bicyclic) bond motifs is 1. The average molecular weight is 269 g/mol. The Bertz CT molecular complexity index is 747. The molecule has 0 atom stereocenters. The zero-order valence-corrected chi connectivity index (χ0v) is 11.3. The summed E-state index contributed by atoms with van der Waals surface area (Å²) in [6.07, 6.45) is 1.96. The van der Waals surface area contributed by atoms with Gasteiger partial charge in [-0.05, 0) is 30.2 Å². The minimum atomic E-state index is -0.338. The van der Waals surface area contributed by atoms with Gasteiger partial charge in [-0.1, -0.05) is 30.3 Å². The number of aliphatic hydroxyl groups excluding tert-OH is 1. The number of nitrogens with zero attached hydrogens (tertiary/aromatic N) is 1. The highest BCUT2D eigenvalue weighted by Crippen LogP contribution is 2.26. The van der Waals surface area contributed by atoms with Crippen LogP contribution in [0.1, 0.15) is 16.7 Å². The smallest absolute Gasteiger partial charge is 0.129 e. The van der Waals surface area contributed by atoms with Gasteiger partial charge in [0.1, 0.15) is 5.82 Å². The van der Waals surface area contributed by atoms with Crippen LogP contribution in [0.2, 0.25) is 0 Å². The third kappa shape index (κ3) is 2.10. The summed E-state index contributed by atoms with van der Waals surface area (Å²) in [6, 6.07) is 13.5. The van der Waals surface area contributed by atoms with E-state index in [1.807, 2.05) is 37.4 Å². The summed E-state index contributed by atoms with van der Waals surface area (Å²) in [7, 11) is 0. The number of benzene rings is 2. The van der Waals surface area contributed by atoms with E-state index in [-0.39, 0.29) is 12.4 Å². The first-order valence-corrected chi connectivity index (χ1v) is 6.62. The maximum atomic E-state index is 13.8. The number of rotatable bonds is 3. The molecule has 3 heteroatoms. The number of aryl methyl sites for hydroxylation is 1. The van der Waals surface area contributed by atoms with E-state index >= 15 is 0 Å². The highest BCUT2D eigenvalue weighted by molar-refractivity contribution is 5.84. The van der Waals surface area contributed by atoms with Crippen LogP contribution in [0, 0.1) is 12.7 Å². The van der Waals surface area contributed by atoms with Crippen molar-refractivity contribution in [2.75, 3.05) is 0 Å². The summed E-state index contributed by atoms with van der Waals surface area (Å²) in [5.74, 6) is -0.338. The molecule has 102 valence electrons. The molecule has 0 spiro atoms. The predicted octanol–water partition coefficient (Wildman–Crippen LogP) is 3.63. The Balaban J connectivity index is 2.13. The Morgan fingerprint density at radius 2 is 1.90 bits per heavy atom. The molecule has 0 aliphatic heterocycles. The van der Waals surface area contributed by atoms with E-state index in [1.165, 1.54) is 11.6 Å². The van der Waals surface area contributed by atoms with Gasteiger partial charge in [0.2, 0.25) is 0 Å². The van der Waals surface area contributed by atoms with Crippen LogP contribution in [0.25, 0.3) is 10.9 Å². The van der Waals surface area contributed by atoms with Gasteiger partial charge in [-0.15, -0.1) is 0 Å². The molecule has 2 aromatic carbocycles. The highest BCUT2D eigenvalue weighted by atomic mass is 19.1. The monoisotopic (exact) mass is 269 g/mol. The molecule has 0 aliphatic rings. The lowest BCUT2D eigenvalue weighted by Gasteiger charge is -2.11. The van der Waals surface area contributed by atoms with Gasteiger partial charge in [-0.25, -0.2) is 4.39 Å². The van der Waals surface area contributed by atoms with Crippen LogP contribution in [0.3, 0.4) is 0 Å². The second-order valence-electron chi connectivity index (χ2n) is 4.99. The van der Waals surface area contributed by atoms with E-state index in [9.17, 15) is 9.50 Å². The van der Waals surface area contributed by atoms with E-state index in [1.54, 1.807) is 0 Å². The molecule has 2 nitrogen and oxygen atoms in total. The lowest BCUT2D eigenvalue weighted by Crippen LogP contribution is -2.02. The van der Waals surface area contributed by atoms with Crippen molar-refractivity contribution in [1.82, 2.24) is 4.57 Å². The Kier molecular flexibility index (Phi) is 3.28. The number of aromatic nitrogens is 1. The van der Waals surface area contributed by atoms with Crippen LogP contribution < -0.4 is 0 Å². The quantitative estimate of drug-likeness (QED) is 0.771. The maximum Gasteiger partial charge on any atom is 0.129 e. The molecular formula is C17H16FNO. The summed E-state index contributed by atoms with van der Waals surface area (Å²) in [5, 5.41) is 10.2. The summed E-state index contributed by atoms with van der Waals surface area (Å²) in [6.45, 7) is 2.32. The molecule has 1 aromatic heterocycles. The first-order valence-electron chi connectivity index (χ1n) is 6.62. The standard InChI is InChI=1S/C17H16FNO/c1-12-15(11-20)16(18)9-14-7-8-19(17(12)14)10-13-5-3-2-4-6-13/h2-9,20H,10-11H2,1H3. The average Bonchev–Trinajstić information content (AvgIpc) is 2.83. The van der Waals surface area contributed by atoms with Crippen molar-refractivity contribution in [1.29, 1.82) is 0 Å². The third-order valence-electron chi connectivity index (χ3n) is 3.73. The molecule has 0 amide bonds. The fourth-order valence-corrected chi connectivity index (χ4v) is 2.69. The minimum absolute atomic E-state index is 0.274. The molecule has 20 heavy (non-hydrogen) atoms. The topological polar surface area (TPSA) is 25.2 Å². The van der Waals surface area contributed by atoms with Crippen molar-refractivity contribution in [3.63, 3.8) is 0 Å². The van der Waals surface area contributed by atoms with E-state index in [0.29, 0.717) is 5.56 Å². The maximum absolute atomic E-state index is 13.8. The molecule has 0 bridgehead atoms. The van der Waals surface area contributed by atoms with Gasteiger partial charge in [-0.2, -0.15) is 0 Å². The van der Waals surface area contributed by atoms with Crippen LogP contribution in [-0.2, 0) is 13.2 Å². The fourth-order valence-electron chi connectivity index (χ4n) is 2.69. The molecule has 0 saturated heterocycles. The molecule has 1 N–H and O–H groups in total. The Labute approximate surface area is 117 Å². The molecule has 0 radical (unpaired) electrons. The van der Waals surface area contributed by atoms with Crippen molar-refractivity contribution >= 4 is 10.9 Å². The van der Waals surface area contributed by atoms with E-state index in [4.69, 9.17) is 0 Å². The molecule has 3 aromatic rings. The van der Waals surface area contributed by atoms with E-state index in [0.717, 1.165) is 23.0 Å². The molecule has 0 fully saturated rings. The van der Waals surface area contributed by atoms with Crippen molar-refractivity contribution in [2.45, 2.75) is 20.1 Å².